The SMILES string of the molecule is CC(=O)CC(=O)Oc1ccnc(CC2CCCC2)n1. The number of aromatic nitrogens is 2. The van der Waals surface area contributed by atoms with Crippen LogP contribution in [0.2, 0.25) is 0 Å². The van der Waals surface area contributed by atoms with Gasteiger partial charge in [-0.05, 0) is 12.8 Å². The van der Waals surface area contributed by atoms with Gasteiger partial charge in [-0.2, -0.15) is 4.98 Å². The number of Topliss-reactive ketones (excluding diaryl/α,β-unsaturated/α-hetero) is 1. The van der Waals surface area contributed by atoms with E-state index in [0.29, 0.717) is 11.7 Å². The molecule has 0 unspecified atom stereocenters. The number of nitrogens with zero attached hydrogens (tertiary/aromatic N) is 2. The van der Waals surface area contributed by atoms with E-state index in [1.54, 1.807) is 6.20 Å². The summed E-state index contributed by atoms with van der Waals surface area (Å²) in [5, 5.41) is 0. The minimum Gasteiger partial charge on any atom is -0.407 e. The first-order valence-corrected chi connectivity index (χ1v) is 6.65. The third-order valence-corrected chi connectivity index (χ3v) is 3.24. The quantitative estimate of drug-likeness (QED) is 0.600. The third kappa shape index (κ3) is 4.43. The summed E-state index contributed by atoms with van der Waals surface area (Å²) in [4.78, 5) is 30.6. The van der Waals surface area contributed by atoms with Gasteiger partial charge in [0.25, 0.3) is 0 Å². The Balaban J connectivity index is 1.94. The highest BCUT2D eigenvalue weighted by molar-refractivity contribution is 5.94. The van der Waals surface area contributed by atoms with Crippen molar-refractivity contribution in [3.05, 3.63) is 18.1 Å². The van der Waals surface area contributed by atoms with E-state index >= 15 is 0 Å². The zero-order valence-electron chi connectivity index (χ0n) is 11.1. The third-order valence-electron chi connectivity index (χ3n) is 3.24. The molecule has 0 bridgehead atoms. The summed E-state index contributed by atoms with van der Waals surface area (Å²) in [5.74, 6) is 0.792. The summed E-state index contributed by atoms with van der Waals surface area (Å²) in [7, 11) is 0. The van der Waals surface area contributed by atoms with E-state index in [1.165, 1.54) is 38.7 Å². The molecule has 0 N–H and O–H groups in total. The number of carbonyl (C=O) groups excluding carboxylic acids is 2. The molecule has 1 aliphatic rings. The van der Waals surface area contributed by atoms with Crippen LogP contribution in [0.5, 0.6) is 5.88 Å². The second-order valence-corrected chi connectivity index (χ2v) is 5.02. The Morgan fingerprint density at radius 1 is 1.37 bits per heavy atom. The normalized spacial score (nSPS) is 15.4. The van der Waals surface area contributed by atoms with Gasteiger partial charge in [-0.3, -0.25) is 9.59 Å². The molecular weight excluding hydrogens is 244 g/mol. The molecule has 1 fully saturated rings. The molecule has 0 aliphatic heterocycles. The van der Waals surface area contributed by atoms with Gasteiger partial charge in [0, 0.05) is 18.7 Å². The highest BCUT2D eigenvalue weighted by Crippen LogP contribution is 2.27. The van der Waals surface area contributed by atoms with E-state index in [1.807, 2.05) is 0 Å². The first-order valence-electron chi connectivity index (χ1n) is 6.65. The first kappa shape index (κ1) is 13.6. The lowest BCUT2D eigenvalue weighted by Gasteiger charge is -2.08. The van der Waals surface area contributed by atoms with Crippen LogP contribution in [0.3, 0.4) is 0 Å². The van der Waals surface area contributed by atoms with Crippen molar-refractivity contribution in [2.45, 2.75) is 45.4 Å². The highest BCUT2D eigenvalue weighted by Gasteiger charge is 2.17. The molecule has 0 spiro atoms. The lowest BCUT2D eigenvalue weighted by Crippen LogP contribution is -2.13. The van der Waals surface area contributed by atoms with Crippen molar-refractivity contribution in [2.24, 2.45) is 5.92 Å². The van der Waals surface area contributed by atoms with Crippen molar-refractivity contribution >= 4 is 11.8 Å². The first-order chi connectivity index (χ1) is 9.13. The van der Waals surface area contributed by atoms with Crippen LogP contribution in [0, 0.1) is 5.92 Å². The van der Waals surface area contributed by atoms with E-state index in [0.717, 1.165) is 6.42 Å². The number of hydrogen-bond acceptors (Lipinski definition) is 5. The summed E-state index contributed by atoms with van der Waals surface area (Å²) in [6, 6.07) is 1.54. The van der Waals surface area contributed by atoms with Gasteiger partial charge in [0.1, 0.15) is 18.0 Å². The summed E-state index contributed by atoms with van der Waals surface area (Å²) >= 11 is 0. The second kappa shape index (κ2) is 6.41. The van der Waals surface area contributed by atoms with Gasteiger partial charge in [0.05, 0.1) is 0 Å². The zero-order chi connectivity index (χ0) is 13.7. The van der Waals surface area contributed by atoms with Gasteiger partial charge in [0.2, 0.25) is 5.88 Å². The van der Waals surface area contributed by atoms with Gasteiger partial charge < -0.3 is 4.74 Å². The van der Waals surface area contributed by atoms with E-state index in [2.05, 4.69) is 9.97 Å². The fraction of sp³-hybridized carbons (Fsp3) is 0.571. The summed E-state index contributed by atoms with van der Waals surface area (Å²) in [5.41, 5.74) is 0. The predicted molar refractivity (Wildman–Crippen MR) is 68.6 cm³/mol. The molecule has 0 saturated heterocycles. The van der Waals surface area contributed by atoms with Crippen LogP contribution in [0.4, 0.5) is 0 Å². The molecule has 5 heteroatoms. The molecule has 2 rings (SSSR count). The maximum atomic E-state index is 11.4. The zero-order valence-corrected chi connectivity index (χ0v) is 11.1. The molecule has 1 heterocycles. The minimum absolute atomic E-state index is 0.217. The Hall–Kier alpha value is -1.78. The molecule has 5 nitrogen and oxygen atoms in total. The molecule has 19 heavy (non-hydrogen) atoms. The Morgan fingerprint density at radius 2 is 2.11 bits per heavy atom. The number of esters is 1. The van der Waals surface area contributed by atoms with Crippen LogP contribution >= 0.6 is 0 Å². The fourth-order valence-corrected chi connectivity index (χ4v) is 2.36. The van der Waals surface area contributed by atoms with Crippen LogP contribution in [0.1, 0.15) is 44.9 Å². The van der Waals surface area contributed by atoms with Crippen LogP contribution < -0.4 is 4.74 Å². The number of carbonyl (C=O) groups is 2. The highest BCUT2D eigenvalue weighted by atomic mass is 16.5. The molecule has 0 aromatic carbocycles. The molecule has 1 saturated carbocycles. The molecule has 1 aromatic rings. The van der Waals surface area contributed by atoms with E-state index < -0.39 is 5.97 Å². The van der Waals surface area contributed by atoms with Crippen LogP contribution in [-0.2, 0) is 16.0 Å². The van der Waals surface area contributed by atoms with Gasteiger partial charge in [-0.25, -0.2) is 4.98 Å². The second-order valence-electron chi connectivity index (χ2n) is 5.02. The van der Waals surface area contributed by atoms with Gasteiger partial charge in [-0.15, -0.1) is 0 Å². The van der Waals surface area contributed by atoms with Crippen LogP contribution in [-0.4, -0.2) is 21.7 Å². The number of ketones is 1. The monoisotopic (exact) mass is 262 g/mol. The van der Waals surface area contributed by atoms with Crippen molar-refractivity contribution in [2.75, 3.05) is 0 Å². The van der Waals surface area contributed by atoms with Gasteiger partial charge in [0.15, 0.2) is 0 Å². The Kier molecular flexibility index (Phi) is 4.60. The standard InChI is InChI=1S/C14H18N2O3/c1-10(17)8-14(18)19-13-6-7-15-12(16-13)9-11-4-2-3-5-11/h6-7,11H,2-5,8-9H2,1H3. The topological polar surface area (TPSA) is 69.2 Å². The molecule has 0 amide bonds. The fourth-order valence-electron chi connectivity index (χ4n) is 2.36. The van der Waals surface area contributed by atoms with Gasteiger partial charge in [-0.1, -0.05) is 25.7 Å². The van der Waals surface area contributed by atoms with E-state index in [-0.39, 0.29) is 18.1 Å². The van der Waals surface area contributed by atoms with Crippen molar-refractivity contribution in [1.29, 1.82) is 0 Å². The number of hydrogen-bond donors (Lipinski definition) is 0. The minimum atomic E-state index is -0.571. The molecule has 102 valence electrons. The number of rotatable bonds is 5. The number of ether oxygens (including phenoxy) is 1. The lowest BCUT2D eigenvalue weighted by atomic mass is 10.0. The summed E-state index contributed by atoms with van der Waals surface area (Å²) in [6.45, 7) is 1.35. The maximum Gasteiger partial charge on any atom is 0.320 e. The summed E-state index contributed by atoms with van der Waals surface area (Å²) < 4.78 is 5.02. The van der Waals surface area contributed by atoms with Crippen molar-refractivity contribution in [3.8, 4) is 5.88 Å². The Bertz CT molecular complexity index is 468. The van der Waals surface area contributed by atoms with E-state index in [4.69, 9.17) is 4.74 Å². The molecule has 1 aromatic heterocycles. The molecular formula is C14H18N2O3. The Morgan fingerprint density at radius 3 is 2.79 bits per heavy atom. The van der Waals surface area contributed by atoms with Crippen molar-refractivity contribution in [3.63, 3.8) is 0 Å². The summed E-state index contributed by atoms with van der Waals surface area (Å²) in [6.07, 6.45) is 7.19. The van der Waals surface area contributed by atoms with Gasteiger partial charge >= 0.3 is 5.97 Å². The lowest BCUT2D eigenvalue weighted by molar-refractivity contribution is -0.137. The Labute approximate surface area is 112 Å². The van der Waals surface area contributed by atoms with Crippen LogP contribution in [0.15, 0.2) is 12.3 Å². The smallest absolute Gasteiger partial charge is 0.320 e. The average molecular weight is 262 g/mol. The van der Waals surface area contributed by atoms with Crippen LogP contribution in [0.25, 0.3) is 0 Å². The maximum absolute atomic E-state index is 11.4. The largest absolute Gasteiger partial charge is 0.407 e. The van der Waals surface area contributed by atoms with Crippen molar-refractivity contribution < 1.29 is 14.3 Å². The molecule has 1 aliphatic carbocycles. The molecule has 0 atom stereocenters. The van der Waals surface area contributed by atoms with Crippen molar-refractivity contribution in [1.82, 2.24) is 9.97 Å². The average Bonchev–Trinajstić information content (AvgIpc) is 2.81. The van der Waals surface area contributed by atoms with E-state index in [9.17, 15) is 9.59 Å². The predicted octanol–water partition coefficient (Wildman–Crippen LogP) is 2.09. The molecule has 0 radical (unpaired) electrons.